The molecule has 2 atom stereocenters. The smallest absolute Gasteiger partial charge is 0.345 e. The Kier molecular flexibility index (Phi) is 4.49. The van der Waals surface area contributed by atoms with E-state index in [1.165, 1.54) is 17.0 Å². The quantitative estimate of drug-likeness (QED) is 0.827. The Hall–Kier alpha value is -2.29. The van der Waals surface area contributed by atoms with E-state index < -0.39 is 17.6 Å². The van der Waals surface area contributed by atoms with Crippen LogP contribution in [0.3, 0.4) is 0 Å². The summed E-state index contributed by atoms with van der Waals surface area (Å²) >= 11 is 1.55. The van der Waals surface area contributed by atoms with Gasteiger partial charge in [-0.3, -0.25) is 9.59 Å². The van der Waals surface area contributed by atoms with E-state index in [0.29, 0.717) is 5.56 Å². The fourth-order valence-corrected chi connectivity index (χ4v) is 5.04. The first-order chi connectivity index (χ1) is 12.8. The standard InChI is InChI=1S/C18H16F3N3O2S/c19-18(20,21)10-6-4-9(5-7-10)8-22-16(26)14-23-15(25)13-11-2-1-3-12(11)27-17(13)24-14/h4-7,13,17H,1-3,8H2,(H,22,26)(H,23,24,25). The maximum atomic E-state index is 12.6. The highest BCUT2D eigenvalue weighted by Crippen LogP contribution is 2.51. The lowest BCUT2D eigenvalue weighted by Crippen LogP contribution is -2.50. The van der Waals surface area contributed by atoms with Gasteiger partial charge >= 0.3 is 6.18 Å². The highest BCUT2D eigenvalue weighted by Gasteiger charge is 2.45. The van der Waals surface area contributed by atoms with Crippen LogP contribution in [0.2, 0.25) is 0 Å². The first-order valence-corrected chi connectivity index (χ1v) is 9.42. The molecule has 2 N–H and O–H groups in total. The largest absolute Gasteiger partial charge is 0.416 e. The van der Waals surface area contributed by atoms with Crippen LogP contribution < -0.4 is 10.6 Å². The van der Waals surface area contributed by atoms with E-state index in [2.05, 4.69) is 15.6 Å². The van der Waals surface area contributed by atoms with Crippen molar-refractivity contribution in [1.29, 1.82) is 0 Å². The zero-order chi connectivity index (χ0) is 19.2. The lowest BCUT2D eigenvalue weighted by Gasteiger charge is -2.24. The predicted octanol–water partition coefficient (Wildman–Crippen LogP) is 2.98. The number of amides is 2. The van der Waals surface area contributed by atoms with Gasteiger partial charge in [-0.15, -0.1) is 11.8 Å². The van der Waals surface area contributed by atoms with Crippen molar-refractivity contribution in [3.63, 3.8) is 0 Å². The Labute approximate surface area is 157 Å². The van der Waals surface area contributed by atoms with E-state index in [0.717, 1.165) is 37.0 Å². The molecule has 27 heavy (non-hydrogen) atoms. The van der Waals surface area contributed by atoms with E-state index in [-0.39, 0.29) is 29.6 Å². The summed E-state index contributed by atoms with van der Waals surface area (Å²) in [5.74, 6) is -1.09. The summed E-state index contributed by atoms with van der Waals surface area (Å²) < 4.78 is 37.7. The van der Waals surface area contributed by atoms with Crippen LogP contribution >= 0.6 is 11.8 Å². The molecule has 1 aromatic rings. The third kappa shape index (κ3) is 3.47. The summed E-state index contributed by atoms with van der Waals surface area (Å²) in [6.45, 7) is 0.0435. The predicted molar refractivity (Wildman–Crippen MR) is 94.6 cm³/mol. The molecule has 142 valence electrons. The Morgan fingerprint density at radius 1 is 1.26 bits per heavy atom. The number of carbonyl (C=O) groups is 2. The topological polar surface area (TPSA) is 70.6 Å². The second kappa shape index (κ2) is 6.70. The van der Waals surface area contributed by atoms with E-state index in [1.54, 1.807) is 11.8 Å². The lowest BCUT2D eigenvalue weighted by molar-refractivity contribution is -0.137. The van der Waals surface area contributed by atoms with Crippen LogP contribution in [-0.2, 0) is 22.3 Å². The second-order valence-electron chi connectivity index (χ2n) is 6.63. The molecular weight excluding hydrogens is 379 g/mol. The van der Waals surface area contributed by atoms with Crippen LogP contribution in [-0.4, -0.2) is 23.0 Å². The highest BCUT2D eigenvalue weighted by molar-refractivity contribution is 8.04. The number of halogens is 3. The van der Waals surface area contributed by atoms with E-state index in [1.807, 2.05) is 0 Å². The van der Waals surface area contributed by atoms with Crippen molar-refractivity contribution in [2.75, 3.05) is 0 Å². The molecule has 2 aliphatic heterocycles. The molecule has 0 bridgehead atoms. The first-order valence-electron chi connectivity index (χ1n) is 8.54. The zero-order valence-corrected chi connectivity index (χ0v) is 14.9. The van der Waals surface area contributed by atoms with Gasteiger partial charge in [-0.25, -0.2) is 4.99 Å². The second-order valence-corrected chi connectivity index (χ2v) is 7.84. The summed E-state index contributed by atoms with van der Waals surface area (Å²) in [5.41, 5.74) is 0.926. The van der Waals surface area contributed by atoms with Crippen LogP contribution in [0.15, 0.2) is 39.7 Å². The van der Waals surface area contributed by atoms with Gasteiger partial charge in [0.1, 0.15) is 5.37 Å². The summed E-state index contributed by atoms with van der Waals surface area (Å²) in [7, 11) is 0. The fourth-order valence-electron chi connectivity index (χ4n) is 3.52. The summed E-state index contributed by atoms with van der Waals surface area (Å²) in [5, 5.41) is 4.86. The van der Waals surface area contributed by atoms with Crippen molar-refractivity contribution in [2.24, 2.45) is 10.9 Å². The molecule has 3 aliphatic rings. The van der Waals surface area contributed by atoms with Crippen LogP contribution in [0.4, 0.5) is 13.2 Å². The van der Waals surface area contributed by atoms with Crippen molar-refractivity contribution in [3.8, 4) is 0 Å². The Morgan fingerprint density at radius 3 is 2.70 bits per heavy atom. The Balaban J connectivity index is 1.39. The SMILES string of the molecule is O=C(NCc1ccc(C(F)(F)F)cc1)C1=NC2SC3=C(CCC3)C2C(=O)N1. The average Bonchev–Trinajstić information content (AvgIpc) is 3.19. The fraction of sp³-hybridized carbons (Fsp3) is 0.389. The third-order valence-corrected chi connectivity index (χ3v) is 6.23. The molecule has 0 saturated heterocycles. The van der Waals surface area contributed by atoms with Gasteiger partial charge in [0.15, 0.2) is 5.84 Å². The lowest BCUT2D eigenvalue weighted by atomic mass is 9.96. The molecule has 1 aromatic carbocycles. The molecule has 2 amide bonds. The minimum Gasteiger partial charge on any atom is -0.345 e. The zero-order valence-electron chi connectivity index (χ0n) is 14.1. The molecule has 0 saturated carbocycles. The number of nitrogens with zero attached hydrogens (tertiary/aromatic N) is 1. The molecule has 4 rings (SSSR count). The van der Waals surface area contributed by atoms with Crippen LogP contribution in [0.1, 0.15) is 30.4 Å². The molecule has 0 radical (unpaired) electrons. The highest BCUT2D eigenvalue weighted by atomic mass is 32.2. The van der Waals surface area contributed by atoms with Gasteiger partial charge in [-0.2, -0.15) is 13.2 Å². The number of allylic oxidation sites excluding steroid dienone is 1. The van der Waals surface area contributed by atoms with Gasteiger partial charge in [0.05, 0.1) is 11.5 Å². The number of hydrogen-bond acceptors (Lipinski definition) is 4. The number of thioether (sulfide) groups is 1. The minimum absolute atomic E-state index is 0.0400. The Bertz CT molecular complexity index is 862. The minimum atomic E-state index is -4.40. The van der Waals surface area contributed by atoms with Crippen LogP contribution in [0.25, 0.3) is 0 Å². The number of fused-ring (bicyclic) bond motifs is 2. The summed E-state index contributed by atoms with van der Waals surface area (Å²) in [6, 6.07) is 4.55. The van der Waals surface area contributed by atoms with Gasteiger partial charge in [0.2, 0.25) is 5.91 Å². The summed E-state index contributed by atoms with van der Waals surface area (Å²) in [4.78, 5) is 30.3. The average molecular weight is 395 g/mol. The molecule has 0 aromatic heterocycles. The van der Waals surface area contributed by atoms with E-state index >= 15 is 0 Å². The van der Waals surface area contributed by atoms with Crippen molar-refractivity contribution in [3.05, 3.63) is 45.9 Å². The maximum Gasteiger partial charge on any atom is 0.416 e. The number of benzene rings is 1. The molecule has 2 unspecified atom stereocenters. The van der Waals surface area contributed by atoms with Crippen molar-refractivity contribution >= 4 is 29.4 Å². The Morgan fingerprint density at radius 2 is 2.00 bits per heavy atom. The molecule has 1 aliphatic carbocycles. The van der Waals surface area contributed by atoms with E-state index in [9.17, 15) is 22.8 Å². The van der Waals surface area contributed by atoms with Gasteiger partial charge in [0.25, 0.3) is 5.91 Å². The monoisotopic (exact) mass is 395 g/mol. The number of rotatable bonds is 3. The first kappa shape index (κ1) is 18.1. The van der Waals surface area contributed by atoms with Gasteiger partial charge < -0.3 is 10.6 Å². The van der Waals surface area contributed by atoms with Gasteiger partial charge in [-0.05, 0) is 47.4 Å². The van der Waals surface area contributed by atoms with Gasteiger partial charge in [-0.1, -0.05) is 12.1 Å². The molecule has 9 heteroatoms. The number of amidine groups is 1. The van der Waals surface area contributed by atoms with Gasteiger partial charge in [0, 0.05) is 6.54 Å². The van der Waals surface area contributed by atoms with E-state index in [4.69, 9.17) is 0 Å². The molecule has 2 heterocycles. The van der Waals surface area contributed by atoms with Crippen molar-refractivity contribution < 1.29 is 22.8 Å². The molecule has 0 spiro atoms. The van der Waals surface area contributed by atoms with Crippen LogP contribution in [0.5, 0.6) is 0 Å². The number of nitrogens with one attached hydrogen (secondary N) is 2. The molecule has 5 nitrogen and oxygen atoms in total. The number of hydrogen-bond donors (Lipinski definition) is 2. The number of aliphatic imine (C=N–C) groups is 1. The molecule has 0 fully saturated rings. The normalized spacial score (nSPS) is 24.3. The number of alkyl halides is 3. The van der Waals surface area contributed by atoms with Crippen LogP contribution in [0, 0.1) is 5.92 Å². The van der Waals surface area contributed by atoms with Crippen molar-refractivity contribution in [2.45, 2.75) is 37.4 Å². The number of carbonyl (C=O) groups excluding carboxylic acids is 2. The third-order valence-electron chi connectivity index (χ3n) is 4.86. The van der Waals surface area contributed by atoms with Crippen molar-refractivity contribution in [1.82, 2.24) is 10.6 Å². The maximum absolute atomic E-state index is 12.6. The summed E-state index contributed by atoms with van der Waals surface area (Å²) in [6.07, 6.45) is -1.47. The molecular formula is C18H16F3N3O2S.